The zero-order chi connectivity index (χ0) is 8.60. The van der Waals surface area contributed by atoms with Gasteiger partial charge in [-0.3, -0.25) is 0 Å². The van der Waals surface area contributed by atoms with Crippen LogP contribution in [0.4, 0.5) is 0 Å². The standard InChI is InChI=1S/C10H20NO/c1-2-5-11-6-3-9(4-7-11)10(12)8-11/h9-10,12H,2-8H2,1H3/q+1/t9?,10-,11?/m0/s1. The van der Waals surface area contributed by atoms with Gasteiger partial charge in [-0.25, -0.2) is 0 Å². The van der Waals surface area contributed by atoms with Gasteiger partial charge in [0.25, 0.3) is 0 Å². The third-order valence-electron chi connectivity index (χ3n) is 3.76. The molecule has 0 aliphatic carbocycles. The topological polar surface area (TPSA) is 20.2 Å². The number of nitrogens with zero attached hydrogens (tertiary/aromatic N) is 1. The molecule has 0 aromatic carbocycles. The lowest BCUT2D eigenvalue weighted by Gasteiger charge is -2.51. The van der Waals surface area contributed by atoms with Gasteiger partial charge in [-0.1, -0.05) is 6.92 Å². The van der Waals surface area contributed by atoms with Crippen molar-refractivity contribution in [2.24, 2.45) is 5.92 Å². The van der Waals surface area contributed by atoms with E-state index >= 15 is 0 Å². The normalized spacial score (nSPS) is 46.5. The predicted molar refractivity (Wildman–Crippen MR) is 48.8 cm³/mol. The van der Waals surface area contributed by atoms with E-state index < -0.39 is 0 Å². The van der Waals surface area contributed by atoms with Crippen LogP contribution in [0.15, 0.2) is 0 Å². The van der Waals surface area contributed by atoms with Gasteiger partial charge >= 0.3 is 0 Å². The highest BCUT2D eigenvalue weighted by Gasteiger charge is 2.44. The average molecular weight is 170 g/mol. The number of quaternary nitrogens is 1. The van der Waals surface area contributed by atoms with Gasteiger partial charge in [0, 0.05) is 18.8 Å². The lowest BCUT2D eigenvalue weighted by Crippen LogP contribution is -2.63. The first-order valence-electron chi connectivity index (χ1n) is 5.29. The minimum Gasteiger partial charge on any atom is -0.387 e. The molecule has 70 valence electrons. The fourth-order valence-corrected chi connectivity index (χ4v) is 3.04. The van der Waals surface area contributed by atoms with Crippen LogP contribution in [0.5, 0.6) is 0 Å². The van der Waals surface area contributed by atoms with Crippen molar-refractivity contribution in [1.29, 1.82) is 0 Å². The van der Waals surface area contributed by atoms with E-state index in [4.69, 9.17) is 0 Å². The summed E-state index contributed by atoms with van der Waals surface area (Å²) >= 11 is 0. The second-order valence-electron chi connectivity index (χ2n) is 4.60. The van der Waals surface area contributed by atoms with Gasteiger partial charge < -0.3 is 9.59 Å². The van der Waals surface area contributed by atoms with Gasteiger partial charge in [0.2, 0.25) is 0 Å². The first-order valence-corrected chi connectivity index (χ1v) is 5.29. The maximum atomic E-state index is 9.78. The van der Waals surface area contributed by atoms with Crippen molar-refractivity contribution >= 4 is 0 Å². The summed E-state index contributed by atoms with van der Waals surface area (Å²) in [5, 5.41) is 9.78. The summed E-state index contributed by atoms with van der Waals surface area (Å²) in [6.07, 6.45) is 3.80. The number of rotatable bonds is 2. The molecule has 0 spiro atoms. The summed E-state index contributed by atoms with van der Waals surface area (Å²) in [6, 6.07) is 0. The molecule has 0 amide bonds. The Morgan fingerprint density at radius 1 is 1.33 bits per heavy atom. The number of aliphatic hydroxyl groups excluding tert-OH is 1. The molecule has 0 aromatic rings. The lowest BCUT2D eigenvalue weighted by atomic mass is 9.83. The van der Waals surface area contributed by atoms with Crippen LogP contribution < -0.4 is 0 Å². The molecule has 1 atom stereocenters. The van der Waals surface area contributed by atoms with Crippen molar-refractivity contribution in [2.45, 2.75) is 32.3 Å². The summed E-state index contributed by atoms with van der Waals surface area (Å²) in [4.78, 5) is 0. The molecular formula is C10H20NO+. The van der Waals surface area contributed by atoms with E-state index in [-0.39, 0.29) is 6.10 Å². The SMILES string of the molecule is CCC[N+]12CCC(CC1)[C@@H](O)C2. The van der Waals surface area contributed by atoms with Crippen molar-refractivity contribution in [2.75, 3.05) is 26.2 Å². The molecule has 0 unspecified atom stereocenters. The summed E-state index contributed by atoms with van der Waals surface area (Å²) in [5.74, 6) is 0.641. The molecule has 0 aromatic heterocycles. The molecule has 0 saturated carbocycles. The molecule has 3 aliphatic rings. The molecule has 3 fully saturated rings. The Bertz CT molecular complexity index is 156. The Hall–Kier alpha value is -0.0800. The highest BCUT2D eigenvalue weighted by Crippen LogP contribution is 2.33. The Labute approximate surface area is 74.8 Å². The van der Waals surface area contributed by atoms with E-state index in [1.807, 2.05) is 0 Å². The predicted octanol–water partition coefficient (Wildman–Crippen LogP) is 0.998. The highest BCUT2D eigenvalue weighted by atomic mass is 16.3. The molecule has 3 saturated heterocycles. The maximum Gasteiger partial charge on any atom is 0.106 e. The van der Waals surface area contributed by atoms with E-state index in [0.29, 0.717) is 5.92 Å². The number of piperidine rings is 3. The minimum atomic E-state index is 0.0130. The summed E-state index contributed by atoms with van der Waals surface area (Å²) in [6.45, 7) is 7.23. The molecule has 1 N–H and O–H groups in total. The molecule has 2 bridgehead atoms. The molecular weight excluding hydrogens is 150 g/mol. The van der Waals surface area contributed by atoms with Crippen molar-refractivity contribution in [3.63, 3.8) is 0 Å². The molecule has 12 heavy (non-hydrogen) atoms. The van der Waals surface area contributed by atoms with E-state index in [2.05, 4.69) is 6.92 Å². The van der Waals surface area contributed by atoms with Crippen LogP contribution in [0.25, 0.3) is 0 Å². The molecule has 3 rings (SSSR count). The van der Waals surface area contributed by atoms with Crippen LogP contribution in [0, 0.1) is 5.92 Å². The monoisotopic (exact) mass is 170 g/mol. The smallest absolute Gasteiger partial charge is 0.106 e. The van der Waals surface area contributed by atoms with Crippen molar-refractivity contribution in [3.05, 3.63) is 0 Å². The maximum absolute atomic E-state index is 9.78. The van der Waals surface area contributed by atoms with Gasteiger partial charge in [0.15, 0.2) is 0 Å². The fraction of sp³-hybridized carbons (Fsp3) is 1.00. The molecule has 0 radical (unpaired) electrons. The highest BCUT2D eigenvalue weighted by molar-refractivity contribution is 4.79. The number of aliphatic hydroxyl groups is 1. The van der Waals surface area contributed by atoms with E-state index in [9.17, 15) is 5.11 Å². The quantitative estimate of drug-likeness (QED) is 0.613. The Kier molecular flexibility index (Phi) is 2.13. The largest absolute Gasteiger partial charge is 0.387 e. The van der Waals surface area contributed by atoms with Crippen LogP contribution in [-0.4, -0.2) is 41.9 Å². The van der Waals surface area contributed by atoms with Crippen LogP contribution in [0.1, 0.15) is 26.2 Å². The number of hydrogen-bond donors (Lipinski definition) is 1. The Balaban J connectivity index is 2.05. The van der Waals surface area contributed by atoms with Crippen LogP contribution >= 0.6 is 0 Å². The average Bonchev–Trinajstić information content (AvgIpc) is 2.05. The summed E-state index contributed by atoms with van der Waals surface area (Å²) in [5.41, 5.74) is 0. The van der Waals surface area contributed by atoms with Gasteiger partial charge in [-0.2, -0.15) is 0 Å². The minimum absolute atomic E-state index is 0.0130. The van der Waals surface area contributed by atoms with Crippen LogP contribution in [-0.2, 0) is 0 Å². The Morgan fingerprint density at radius 2 is 2.00 bits per heavy atom. The van der Waals surface area contributed by atoms with E-state index in [1.54, 1.807) is 0 Å². The second-order valence-corrected chi connectivity index (χ2v) is 4.60. The molecule has 2 heteroatoms. The van der Waals surface area contributed by atoms with E-state index in [1.165, 1.54) is 43.4 Å². The molecule has 3 aliphatic heterocycles. The van der Waals surface area contributed by atoms with Gasteiger partial charge in [-0.05, 0) is 6.42 Å². The number of fused-ring (bicyclic) bond motifs is 3. The third kappa shape index (κ3) is 1.27. The van der Waals surface area contributed by atoms with Crippen LogP contribution in [0.3, 0.4) is 0 Å². The van der Waals surface area contributed by atoms with Gasteiger partial charge in [0.1, 0.15) is 12.6 Å². The first kappa shape index (κ1) is 8.52. The van der Waals surface area contributed by atoms with Crippen molar-refractivity contribution in [3.8, 4) is 0 Å². The molecule has 3 heterocycles. The zero-order valence-corrected chi connectivity index (χ0v) is 8.00. The Morgan fingerprint density at radius 3 is 2.50 bits per heavy atom. The van der Waals surface area contributed by atoms with Crippen LogP contribution in [0.2, 0.25) is 0 Å². The summed E-state index contributed by atoms with van der Waals surface area (Å²) < 4.78 is 1.22. The third-order valence-corrected chi connectivity index (χ3v) is 3.76. The fourth-order valence-electron chi connectivity index (χ4n) is 3.04. The number of hydrogen-bond acceptors (Lipinski definition) is 1. The van der Waals surface area contributed by atoms with Gasteiger partial charge in [0.05, 0.1) is 19.6 Å². The first-order chi connectivity index (χ1) is 5.76. The summed E-state index contributed by atoms with van der Waals surface area (Å²) in [7, 11) is 0. The van der Waals surface area contributed by atoms with Gasteiger partial charge in [-0.15, -0.1) is 0 Å². The zero-order valence-electron chi connectivity index (χ0n) is 8.00. The van der Waals surface area contributed by atoms with Crippen molar-refractivity contribution < 1.29 is 9.59 Å². The van der Waals surface area contributed by atoms with E-state index in [0.717, 1.165) is 6.54 Å². The molecule has 2 nitrogen and oxygen atoms in total. The lowest BCUT2D eigenvalue weighted by molar-refractivity contribution is -0.946. The second kappa shape index (κ2) is 3.00. The van der Waals surface area contributed by atoms with Crippen molar-refractivity contribution in [1.82, 2.24) is 0 Å².